The van der Waals surface area contributed by atoms with E-state index in [-0.39, 0.29) is 24.0 Å². The number of para-hydroxylation sites is 1. The number of benzene rings is 1. The van der Waals surface area contributed by atoms with Crippen molar-refractivity contribution < 1.29 is 9.21 Å². The van der Waals surface area contributed by atoms with Gasteiger partial charge in [-0.25, -0.2) is 4.79 Å². The molecule has 0 atom stereocenters. The lowest BCUT2D eigenvalue weighted by molar-refractivity contribution is 0.0955. The zero-order valence-electron chi connectivity index (χ0n) is 17.9. The molecule has 0 aliphatic heterocycles. The van der Waals surface area contributed by atoms with Crippen molar-refractivity contribution in [1.82, 2.24) is 14.7 Å². The van der Waals surface area contributed by atoms with Crippen LogP contribution in [0.4, 0.5) is 0 Å². The van der Waals surface area contributed by atoms with Gasteiger partial charge in [-0.2, -0.15) is 4.99 Å². The number of carbonyl (C=O) groups excluding carboxylic acids is 1. The van der Waals surface area contributed by atoms with Crippen LogP contribution >= 0.6 is 0 Å². The van der Waals surface area contributed by atoms with Crippen LogP contribution in [0.3, 0.4) is 0 Å². The van der Waals surface area contributed by atoms with Crippen LogP contribution in [0, 0.1) is 11.3 Å². The van der Waals surface area contributed by atoms with Gasteiger partial charge in [0, 0.05) is 40.1 Å². The summed E-state index contributed by atoms with van der Waals surface area (Å²) < 4.78 is 5.28. The Labute approximate surface area is 170 Å². The van der Waals surface area contributed by atoms with Crippen LogP contribution in [0.5, 0.6) is 0 Å². The van der Waals surface area contributed by atoms with Crippen molar-refractivity contribution in [2.24, 2.45) is 10.9 Å². The molecule has 29 heavy (non-hydrogen) atoms. The van der Waals surface area contributed by atoms with E-state index in [1.54, 1.807) is 39.0 Å². The van der Waals surface area contributed by atoms with Crippen LogP contribution in [0.2, 0.25) is 0 Å². The maximum Gasteiger partial charge on any atom is 0.347 e. The predicted octanol–water partition coefficient (Wildman–Crippen LogP) is 2.35. The summed E-state index contributed by atoms with van der Waals surface area (Å²) in [5.74, 6) is 0.353. The van der Waals surface area contributed by atoms with Gasteiger partial charge in [0.05, 0.1) is 6.54 Å². The molecule has 0 unspecified atom stereocenters. The fourth-order valence-corrected chi connectivity index (χ4v) is 2.95. The maximum atomic E-state index is 12.9. The summed E-state index contributed by atoms with van der Waals surface area (Å²) in [7, 11) is 7.35. The van der Waals surface area contributed by atoms with Crippen molar-refractivity contribution in [2.45, 2.75) is 13.8 Å². The number of fused-ring (bicyclic) bond motifs is 1. The highest BCUT2D eigenvalue weighted by atomic mass is 16.4. The van der Waals surface area contributed by atoms with Crippen molar-refractivity contribution in [2.75, 3.05) is 41.3 Å². The molecule has 0 fully saturated rings. The molecule has 1 heterocycles. The van der Waals surface area contributed by atoms with Gasteiger partial charge < -0.3 is 19.1 Å². The Hall–Kier alpha value is -3.16. The molecule has 8 heteroatoms. The first-order chi connectivity index (χ1) is 13.6. The molecule has 1 aromatic heterocycles. The normalized spacial score (nSPS) is 10.7. The Morgan fingerprint density at radius 1 is 1.14 bits per heavy atom. The van der Waals surface area contributed by atoms with E-state index in [9.17, 15) is 9.59 Å². The second kappa shape index (κ2) is 9.36. The summed E-state index contributed by atoms with van der Waals surface area (Å²) in [5.41, 5.74) is -0.253. The monoisotopic (exact) mass is 399 g/mol. The fraction of sp³-hybridized carbons (Fsp3) is 0.429. The summed E-state index contributed by atoms with van der Waals surface area (Å²) in [4.78, 5) is 34.7. The van der Waals surface area contributed by atoms with Gasteiger partial charge in [-0.05, 0) is 18.1 Å². The first kappa shape index (κ1) is 22.1. The summed E-state index contributed by atoms with van der Waals surface area (Å²) >= 11 is 0. The average Bonchev–Trinajstić information content (AvgIpc) is 2.63. The number of nitrogens with zero attached hydrogens (tertiary/aromatic N) is 4. The van der Waals surface area contributed by atoms with Crippen molar-refractivity contribution in [3.63, 3.8) is 0 Å². The topological polar surface area (TPSA) is 93.2 Å². The van der Waals surface area contributed by atoms with Gasteiger partial charge in [0.1, 0.15) is 11.1 Å². The molecule has 0 bridgehead atoms. The molecule has 2 rings (SSSR count). The Morgan fingerprint density at radius 2 is 1.76 bits per heavy atom. The van der Waals surface area contributed by atoms with Gasteiger partial charge in [0.15, 0.2) is 5.78 Å². The molecule has 0 spiro atoms. The van der Waals surface area contributed by atoms with Crippen molar-refractivity contribution in [1.29, 1.82) is 5.41 Å². The molecule has 156 valence electrons. The molecule has 0 saturated heterocycles. The minimum absolute atomic E-state index is 0.0188. The molecule has 0 aliphatic carbocycles. The van der Waals surface area contributed by atoms with Crippen LogP contribution in [-0.4, -0.2) is 73.7 Å². The molecule has 1 aromatic carbocycles. The van der Waals surface area contributed by atoms with Gasteiger partial charge in [0.25, 0.3) is 0 Å². The van der Waals surface area contributed by atoms with Gasteiger partial charge in [0.2, 0.25) is 11.9 Å². The van der Waals surface area contributed by atoms with Crippen LogP contribution in [0.1, 0.15) is 24.2 Å². The van der Waals surface area contributed by atoms with E-state index in [0.717, 1.165) is 0 Å². The van der Waals surface area contributed by atoms with E-state index >= 15 is 0 Å². The number of nitrogens with one attached hydrogen (secondary N) is 1. The summed E-state index contributed by atoms with van der Waals surface area (Å²) in [6.07, 6.45) is 0. The average molecular weight is 399 g/mol. The van der Waals surface area contributed by atoms with E-state index in [4.69, 9.17) is 9.83 Å². The molecular formula is C21H29N5O3. The van der Waals surface area contributed by atoms with Crippen molar-refractivity contribution in [3.05, 3.63) is 46.3 Å². The summed E-state index contributed by atoms with van der Waals surface area (Å²) in [5, 5.41) is 9.11. The van der Waals surface area contributed by atoms with E-state index in [1.807, 2.05) is 48.1 Å². The van der Waals surface area contributed by atoms with Gasteiger partial charge >= 0.3 is 5.63 Å². The Morgan fingerprint density at radius 3 is 2.34 bits per heavy atom. The summed E-state index contributed by atoms with van der Waals surface area (Å²) in [6, 6.07) is 8.60. The first-order valence-corrected chi connectivity index (χ1v) is 9.43. The van der Waals surface area contributed by atoms with E-state index in [1.165, 1.54) is 0 Å². The smallest absolute Gasteiger partial charge is 0.347 e. The molecule has 0 amide bonds. The van der Waals surface area contributed by atoms with Crippen LogP contribution < -0.4 is 5.63 Å². The zero-order chi connectivity index (χ0) is 21.7. The third-order valence-corrected chi connectivity index (χ3v) is 4.17. The van der Waals surface area contributed by atoms with E-state index in [0.29, 0.717) is 23.5 Å². The highest BCUT2D eigenvalue weighted by Gasteiger charge is 2.21. The predicted molar refractivity (Wildman–Crippen MR) is 116 cm³/mol. The molecule has 2 aromatic rings. The van der Waals surface area contributed by atoms with E-state index < -0.39 is 11.4 Å². The Kier molecular flexibility index (Phi) is 7.14. The number of carbonyl (C=O) groups is 1. The Balaban J connectivity index is 2.33. The standard InChI is InChI=1S/C21H29N5O3/c1-14(2)12-26(20(22)23-21(24(3)4)25(5)6)13-17(27)16-11-15-9-7-8-10-18(15)29-19(16)28/h7-11,14,22H,12-13H2,1-6H3. The molecular weight excluding hydrogens is 370 g/mol. The highest BCUT2D eigenvalue weighted by Crippen LogP contribution is 2.13. The molecule has 0 aliphatic rings. The number of hydrogen-bond acceptors (Lipinski definition) is 4. The molecule has 0 radical (unpaired) electrons. The lowest BCUT2D eigenvalue weighted by Crippen LogP contribution is -2.41. The minimum Gasteiger partial charge on any atom is -0.422 e. The van der Waals surface area contributed by atoms with Crippen molar-refractivity contribution >= 4 is 28.7 Å². The van der Waals surface area contributed by atoms with Crippen LogP contribution in [0.15, 0.2) is 44.5 Å². The fourth-order valence-electron chi connectivity index (χ4n) is 2.95. The first-order valence-electron chi connectivity index (χ1n) is 9.43. The number of hydrogen-bond donors (Lipinski definition) is 1. The lowest BCUT2D eigenvalue weighted by atomic mass is 10.1. The van der Waals surface area contributed by atoms with Gasteiger partial charge in [-0.1, -0.05) is 32.0 Å². The van der Waals surface area contributed by atoms with Crippen LogP contribution in [-0.2, 0) is 0 Å². The molecule has 0 saturated carbocycles. The quantitative estimate of drug-likeness (QED) is 0.359. The largest absolute Gasteiger partial charge is 0.422 e. The number of rotatable bonds is 5. The highest BCUT2D eigenvalue weighted by molar-refractivity contribution is 6.02. The molecule has 1 N–H and O–H groups in total. The minimum atomic E-state index is -0.671. The second-order valence-electron chi connectivity index (χ2n) is 7.71. The van der Waals surface area contributed by atoms with E-state index in [2.05, 4.69) is 4.99 Å². The number of ketones is 1. The second-order valence-corrected chi connectivity index (χ2v) is 7.71. The number of Topliss-reactive ketones (excluding diaryl/α,β-unsaturated/α-hetero) is 1. The summed E-state index contributed by atoms with van der Waals surface area (Å²) in [6.45, 7) is 4.33. The van der Waals surface area contributed by atoms with Crippen molar-refractivity contribution in [3.8, 4) is 0 Å². The third kappa shape index (κ3) is 5.66. The number of aliphatic imine (C=N–C) groups is 1. The van der Waals surface area contributed by atoms with Gasteiger partial charge in [-0.15, -0.1) is 0 Å². The molecule has 8 nitrogen and oxygen atoms in total. The lowest BCUT2D eigenvalue weighted by Gasteiger charge is -2.27. The number of guanidine groups is 2. The third-order valence-electron chi connectivity index (χ3n) is 4.17. The van der Waals surface area contributed by atoms with Gasteiger partial charge in [-0.3, -0.25) is 10.2 Å². The zero-order valence-corrected chi connectivity index (χ0v) is 17.9. The van der Waals surface area contributed by atoms with Crippen LogP contribution in [0.25, 0.3) is 11.0 Å². The SMILES string of the molecule is CC(C)CN(CC(=O)c1cc2ccccc2oc1=O)C(=N)N=C(N(C)C)N(C)C. The Bertz CT molecular complexity index is 966. The maximum absolute atomic E-state index is 12.9.